The highest BCUT2D eigenvalue weighted by Gasteiger charge is 2.34. The lowest BCUT2D eigenvalue weighted by atomic mass is 9.75. The summed E-state index contributed by atoms with van der Waals surface area (Å²) in [5.74, 6) is 1.95. The summed E-state index contributed by atoms with van der Waals surface area (Å²) >= 11 is 5.90. The first-order chi connectivity index (χ1) is 10.1. The summed E-state index contributed by atoms with van der Waals surface area (Å²) < 4.78 is 0. The summed E-state index contributed by atoms with van der Waals surface area (Å²) in [5.41, 5.74) is 0.776. The molecular formula is C18H24ClNO. The van der Waals surface area contributed by atoms with Gasteiger partial charge in [-0.25, -0.2) is 0 Å². The van der Waals surface area contributed by atoms with Crippen molar-refractivity contribution in [2.45, 2.75) is 45.1 Å². The molecule has 1 aliphatic heterocycles. The topological polar surface area (TPSA) is 20.3 Å². The first kappa shape index (κ1) is 15.1. The van der Waals surface area contributed by atoms with Crippen LogP contribution in [0.15, 0.2) is 24.3 Å². The Bertz CT molecular complexity index is 498. The molecule has 0 bridgehead atoms. The lowest BCUT2D eigenvalue weighted by Crippen LogP contribution is -2.48. The predicted octanol–water partition coefficient (Wildman–Crippen LogP) is 4.42. The summed E-state index contributed by atoms with van der Waals surface area (Å²) in [6, 6.07) is 7.27. The minimum Gasteiger partial charge on any atom is -0.293 e. The largest absolute Gasteiger partial charge is 0.293 e. The number of halogens is 1. The van der Waals surface area contributed by atoms with Gasteiger partial charge >= 0.3 is 0 Å². The van der Waals surface area contributed by atoms with Crippen molar-refractivity contribution in [2.75, 3.05) is 13.1 Å². The molecule has 21 heavy (non-hydrogen) atoms. The highest BCUT2D eigenvalue weighted by Crippen LogP contribution is 2.36. The molecule has 1 heterocycles. The van der Waals surface area contributed by atoms with E-state index in [0.29, 0.717) is 5.02 Å². The van der Waals surface area contributed by atoms with Crippen LogP contribution in [0.1, 0.15) is 49.4 Å². The fraction of sp³-hybridized carbons (Fsp3) is 0.611. The van der Waals surface area contributed by atoms with Crippen LogP contribution in [0.2, 0.25) is 5.02 Å². The van der Waals surface area contributed by atoms with E-state index < -0.39 is 0 Å². The Hall–Kier alpha value is -0.860. The first-order valence-electron chi connectivity index (χ1n) is 8.19. The molecular weight excluding hydrogens is 282 g/mol. The van der Waals surface area contributed by atoms with Crippen molar-refractivity contribution in [3.05, 3.63) is 34.9 Å². The minimum absolute atomic E-state index is 0.0194. The second-order valence-corrected chi connectivity index (χ2v) is 7.07. The normalized spacial score (nSPS) is 27.9. The molecule has 2 aliphatic rings. The lowest BCUT2D eigenvalue weighted by molar-refractivity contribution is 0.0518. The Morgan fingerprint density at radius 2 is 1.81 bits per heavy atom. The zero-order chi connectivity index (χ0) is 14.8. The van der Waals surface area contributed by atoms with Crippen molar-refractivity contribution in [3.63, 3.8) is 0 Å². The number of benzene rings is 1. The number of carbonyl (C=O) groups is 1. The number of carbonyl (C=O) groups excluding carboxylic acids is 1. The Morgan fingerprint density at radius 3 is 2.52 bits per heavy atom. The van der Waals surface area contributed by atoms with E-state index in [1.807, 2.05) is 12.1 Å². The molecule has 3 atom stereocenters. The van der Waals surface area contributed by atoms with Gasteiger partial charge < -0.3 is 0 Å². The van der Waals surface area contributed by atoms with E-state index in [1.165, 1.54) is 32.1 Å². The molecule has 1 aromatic rings. The van der Waals surface area contributed by atoms with Gasteiger partial charge in [0.1, 0.15) is 0 Å². The molecule has 2 nitrogen and oxygen atoms in total. The summed E-state index contributed by atoms with van der Waals surface area (Å²) in [7, 11) is 0. The molecule has 2 fully saturated rings. The van der Waals surface area contributed by atoms with Crippen LogP contribution in [0.3, 0.4) is 0 Å². The molecule has 1 saturated carbocycles. The van der Waals surface area contributed by atoms with Gasteiger partial charge in [0.05, 0.1) is 6.04 Å². The van der Waals surface area contributed by atoms with Gasteiger partial charge in [-0.2, -0.15) is 0 Å². The number of Topliss-reactive ketones (excluding diaryl/α,β-unsaturated/α-hetero) is 1. The van der Waals surface area contributed by atoms with Crippen LogP contribution >= 0.6 is 11.6 Å². The number of fused-ring (bicyclic) bond motifs is 1. The summed E-state index contributed by atoms with van der Waals surface area (Å²) in [6.07, 6.45) is 6.79. The number of rotatable bonds is 3. The van der Waals surface area contributed by atoms with Crippen LogP contribution in [0.25, 0.3) is 0 Å². The average Bonchev–Trinajstić information content (AvgIpc) is 2.54. The van der Waals surface area contributed by atoms with Gasteiger partial charge in [-0.1, -0.05) is 30.9 Å². The van der Waals surface area contributed by atoms with Crippen molar-refractivity contribution in [1.29, 1.82) is 0 Å². The van der Waals surface area contributed by atoms with Gasteiger partial charge in [0.25, 0.3) is 0 Å². The van der Waals surface area contributed by atoms with Gasteiger partial charge in [-0.3, -0.25) is 9.69 Å². The maximum absolute atomic E-state index is 12.6. The maximum atomic E-state index is 12.6. The number of hydrogen-bond acceptors (Lipinski definition) is 2. The SMILES string of the molecule is CC(C(=O)c1ccc(Cl)cc1)N1CCC2CCCCC2C1. The summed E-state index contributed by atoms with van der Waals surface area (Å²) in [4.78, 5) is 15.0. The van der Waals surface area contributed by atoms with Gasteiger partial charge in [-0.15, -0.1) is 0 Å². The third-order valence-corrected chi connectivity index (χ3v) is 5.63. The van der Waals surface area contributed by atoms with Crippen LogP contribution in [0, 0.1) is 11.8 Å². The lowest BCUT2D eigenvalue weighted by Gasteiger charge is -2.43. The van der Waals surface area contributed by atoms with E-state index in [2.05, 4.69) is 11.8 Å². The van der Waals surface area contributed by atoms with Crippen molar-refractivity contribution in [2.24, 2.45) is 11.8 Å². The number of hydrogen-bond donors (Lipinski definition) is 0. The quantitative estimate of drug-likeness (QED) is 0.770. The molecule has 1 aromatic carbocycles. The standard InChI is InChI=1S/C18H24ClNO/c1-13(18(21)15-6-8-17(19)9-7-15)20-11-10-14-4-2-3-5-16(14)12-20/h6-9,13-14,16H,2-5,10-12H2,1H3. The van der Waals surface area contributed by atoms with Crippen molar-refractivity contribution in [1.82, 2.24) is 4.90 Å². The van der Waals surface area contributed by atoms with Crippen LogP contribution in [-0.4, -0.2) is 29.8 Å². The van der Waals surface area contributed by atoms with E-state index in [9.17, 15) is 4.79 Å². The van der Waals surface area contributed by atoms with Crippen LogP contribution < -0.4 is 0 Å². The second kappa shape index (κ2) is 6.50. The van der Waals surface area contributed by atoms with Crippen molar-refractivity contribution >= 4 is 17.4 Å². The number of likely N-dealkylation sites (tertiary alicyclic amines) is 1. The summed E-state index contributed by atoms with van der Waals surface area (Å²) in [5, 5.41) is 0.683. The van der Waals surface area contributed by atoms with E-state index in [4.69, 9.17) is 11.6 Å². The van der Waals surface area contributed by atoms with Crippen molar-refractivity contribution in [3.8, 4) is 0 Å². The van der Waals surface area contributed by atoms with Gasteiger partial charge in [0.2, 0.25) is 0 Å². The smallest absolute Gasteiger partial charge is 0.179 e. The van der Waals surface area contributed by atoms with Crippen LogP contribution in [0.4, 0.5) is 0 Å². The Labute approximate surface area is 132 Å². The van der Waals surface area contributed by atoms with Crippen molar-refractivity contribution < 1.29 is 4.79 Å². The number of nitrogens with zero attached hydrogens (tertiary/aromatic N) is 1. The number of ketones is 1. The monoisotopic (exact) mass is 305 g/mol. The molecule has 1 aliphatic carbocycles. The molecule has 3 heteroatoms. The molecule has 0 N–H and O–H groups in total. The third kappa shape index (κ3) is 3.32. The molecule has 0 amide bonds. The van der Waals surface area contributed by atoms with E-state index in [0.717, 1.165) is 30.5 Å². The first-order valence-corrected chi connectivity index (χ1v) is 8.57. The minimum atomic E-state index is -0.0194. The van der Waals surface area contributed by atoms with E-state index in [1.54, 1.807) is 12.1 Å². The molecule has 3 rings (SSSR count). The van der Waals surface area contributed by atoms with Gasteiger partial charge in [-0.05, 0) is 62.4 Å². The highest BCUT2D eigenvalue weighted by atomic mass is 35.5. The van der Waals surface area contributed by atoms with Crippen LogP contribution in [-0.2, 0) is 0 Å². The Kier molecular flexibility index (Phi) is 4.66. The second-order valence-electron chi connectivity index (χ2n) is 6.64. The fourth-order valence-electron chi connectivity index (χ4n) is 4.00. The zero-order valence-electron chi connectivity index (χ0n) is 12.7. The zero-order valence-corrected chi connectivity index (χ0v) is 13.5. The molecule has 0 spiro atoms. The Balaban J connectivity index is 1.66. The van der Waals surface area contributed by atoms with Gasteiger partial charge in [0, 0.05) is 17.1 Å². The third-order valence-electron chi connectivity index (χ3n) is 5.38. The maximum Gasteiger partial charge on any atom is 0.179 e. The molecule has 114 valence electrons. The van der Waals surface area contributed by atoms with E-state index in [-0.39, 0.29) is 11.8 Å². The predicted molar refractivity (Wildman–Crippen MR) is 86.9 cm³/mol. The highest BCUT2D eigenvalue weighted by molar-refractivity contribution is 6.30. The Morgan fingerprint density at radius 1 is 1.14 bits per heavy atom. The fourth-order valence-corrected chi connectivity index (χ4v) is 4.13. The molecule has 3 unspecified atom stereocenters. The molecule has 0 radical (unpaired) electrons. The van der Waals surface area contributed by atoms with E-state index >= 15 is 0 Å². The van der Waals surface area contributed by atoms with Gasteiger partial charge in [0.15, 0.2) is 5.78 Å². The molecule has 1 saturated heterocycles. The number of piperidine rings is 1. The average molecular weight is 306 g/mol. The van der Waals surface area contributed by atoms with Crippen LogP contribution in [0.5, 0.6) is 0 Å². The summed E-state index contributed by atoms with van der Waals surface area (Å²) in [6.45, 7) is 4.23. The molecule has 0 aromatic heterocycles.